The van der Waals surface area contributed by atoms with Gasteiger partial charge in [-0.2, -0.15) is 0 Å². The Labute approximate surface area is 148 Å². The maximum absolute atomic E-state index is 13.1. The molecule has 2 amide bonds. The van der Waals surface area contributed by atoms with E-state index in [4.69, 9.17) is 0 Å². The molecule has 0 saturated carbocycles. The highest BCUT2D eigenvalue weighted by molar-refractivity contribution is 7.10. The van der Waals surface area contributed by atoms with Crippen LogP contribution in [0, 0.1) is 11.8 Å². The van der Waals surface area contributed by atoms with Crippen LogP contribution in [-0.2, 0) is 16.0 Å². The summed E-state index contributed by atoms with van der Waals surface area (Å²) in [5, 5.41) is 2.15. The van der Waals surface area contributed by atoms with Crippen LogP contribution in [0.25, 0.3) is 0 Å². The molecule has 2 aliphatic heterocycles. The van der Waals surface area contributed by atoms with Gasteiger partial charge in [-0.1, -0.05) is 20.8 Å². The van der Waals surface area contributed by atoms with Gasteiger partial charge in [0, 0.05) is 36.3 Å². The fourth-order valence-corrected chi connectivity index (χ4v) is 4.98. The Morgan fingerprint density at radius 1 is 1.25 bits per heavy atom. The molecular weight excluding hydrogens is 320 g/mol. The van der Waals surface area contributed by atoms with E-state index in [2.05, 4.69) is 23.3 Å². The van der Waals surface area contributed by atoms with Crippen LogP contribution < -0.4 is 0 Å². The average Bonchev–Trinajstić information content (AvgIpc) is 3.08. The van der Waals surface area contributed by atoms with Gasteiger partial charge in [0.2, 0.25) is 11.8 Å². The monoisotopic (exact) mass is 348 g/mol. The normalized spacial score (nSPS) is 21.9. The lowest BCUT2D eigenvalue weighted by Gasteiger charge is -2.40. The van der Waals surface area contributed by atoms with Gasteiger partial charge in [-0.25, -0.2) is 0 Å². The highest BCUT2D eigenvalue weighted by atomic mass is 32.1. The first-order valence-corrected chi connectivity index (χ1v) is 10.1. The zero-order valence-electron chi connectivity index (χ0n) is 15.0. The molecule has 1 saturated heterocycles. The highest BCUT2D eigenvalue weighted by Gasteiger charge is 2.36. The first kappa shape index (κ1) is 17.5. The first-order chi connectivity index (χ1) is 11.5. The van der Waals surface area contributed by atoms with Crippen molar-refractivity contribution in [2.75, 3.05) is 19.6 Å². The molecule has 1 aromatic heterocycles. The van der Waals surface area contributed by atoms with Gasteiger partial charge >= 0.3 is 0 Å². The molecule has 0 bridgehead atoms. The summed E-state index contributed by atoms with van der Waals surface area (Å²) in [6, 6.07) is 2.43. The SMILES string of the molecule is CCC1c2ccsc2CCN1C(=O)C1CCN(C(=O)C(C)C)CC1. The van der Waals surface area contributed by atoms with Crippen molar-refractivity contribution >= 4 is 23.2 Å². The second kappa shape index (κ2) is 7.26. The molecule has 0 aromatic carbocycles. The summed E-state index contributed by atoms with van der Waals surface area (Å²) in [7, 11) is 0. The van der Waals surface area contributed by atoms with E-state index in [9.17, 15) is 9.59 Å². The van der Waals surface area contributed by atoms with Gasteiger partial charge in [-0.15, -0.1) is 11.3 Å². The number of carbonyl (C=O) groups is 2. The molecular formula is C19H28N2O2S. The van der Waals surface area contributed by atoms with Gasteiger partial charge in [-0.3, -0.25) is 9.59 Å². The van der Waals surface area contributed by atoms with E-state index >= 15 is 0 Å². The summed E-state index contributed by atoms with van der Waals surface area (Å²) in [6.07, 6.45) is 3.57. The second-order valence-corrected chi connectivity index (χ2v) is 8.26. The zero-order valence-corrected chi connectivity index (χ0v) is 15.8. The minimum absolute atomic E-state index is 0.0424. The fraction of sp³-hybridized carbons (Fsp3) is 0.684. The number of nitrogens with zero attached hydrogens (tertiary/aromatic N) is 2. The number of likely N-dealkylation sites (tertiary alicyclic amines) is 1. The lowest BCUT2D eigenvalue weighted by molar-refractivity contribution is -0.144. The summed E-state index contributed by atoms with van der Waals surface area (Å²) in [5.41, 5.74) is 1.36. The molecule has 0 radical (unpaired) electrons. The van der Waals surface area contributed by atoms with Crippen molar-refractivity contribution < 1.29 is 9.59 Å². The summed E-state index contributed by atoms with van der Waals surface area (Å²) in [4.78, 5) is 30.7. The van der Waals surface area contributed by atoms with Crippen molar-refractivity contribution in [3.05, 3.63) is 21.9 Å². The van der Waals surface area contributed by atoms with Gasteiger partial charge in [0.05, 0.1) is 6.04 Å². The molecule has 2 aliphatic rings. The smallest absolute Gasteiger partial charge is 0.226 e. The van der Waals surface area contributed by atoms with Crippen LogP contribution in [0.4, 0.5) is 0 Å². The van der Waals surface area contributed by atoms with E-state index in [0.29, 0.717) is 5.91 Å². The number of hydrogen-bond acceptors (Lipinski definition) is 3. The van der Waals surface area contributed by atoms with Crippen molar-refractivity contribution in [2.24, 2.45) is 11.8 Å². The molecule has 0 aliphatic carbocycles. The number of carbonyl (C=O) groups excluding carboxylic acids is 2. The van der Waals surface area contributed by atoms with Crippen LogP contribution in [0.3, 0.4) is 0 Å². The van der Waals surface area contributed by atoms with E-state index in [0.717, 1.165) is 45.3 Å². The Kier molecular flexibility index (Phi) is 5.28. The molecule has 3 heterocycles. The molecule has 1 aromatic rings. The fourth-order valence-electron chi connectivity index (χ4n) is 4.05. The molecule has 4 nitrogen and oxygen atoms in total. The molecule has 1 fully saturated rings. The zero-order chi connectivity index (χ0) is 17.3. The van der Waals surface area contributed by atoms with Crippen LogP contribution in [0.1, 0.15) is 56.5 Å². The van der Waals surface area contributed by atoms with Crippen molar-refractivity contribution in [1.82, 2.24) is 9.80 Å². The Balaban J connectivity index is 1.64. The standard InChI is InChI=1S/C19H28N2O2S/c1-4-16-15-8-12-24-17(15)7-11-21(16)19(23)14-5-9-20(10-6-14)18(22)13(2)3/h8,12-14,16H,4-7,9-11H2,1-3H3. The van der Waals surface area contributed by atoms with Crippen molar-refractivity contribution in [1.29, 1.82) is 0 Å². The summed E-state index contributed by atoms with van der Waals surface area (Å²) in [6.45, 7) is 8.34. The highest BCUT2D eigenvalue weighted by Crippen LogP contribution is 2.37. The molecule has 1 atom stereocenters. The number of rotatable bonds is 3. The van der Waals surface area contributed by atoms with Crippen LogP contribution in [-0.4, -0.2) is 41.2 Å². The summed E-state index contributed by atoms with van der Waals surface area (Å²) in [5.74, 6) is 0.639. The Morgan fingerprint density at radius 3 is 2.58 bits per heavy atom. The third-order valence-corrected chi connectivity index (χ3v) is 6.41. The van der Waals surface area contributed by atoms with Crippen LogP contribution in [0.15, 0.2) is 11.4 Å². The average molecular weight is 349 g/mol. The van der Waals surface area contributed by atoms with Crippen LogP contribution in [0.5, 0.6) is 0 Å². The maximum Gasteiger partial charge on any atom is 0.226 e. The van der Waals surface area contributed by atoms with Crippen molar-refractivity contribution in [3.8, 4) is 0 Å². The van der Waals surface area contributed by atoms with Crippen molar-refractivity contribution in [3.63, 3.8) is 0 Å². The first-order valence-electron chi connectivity index (χ1n) is 9.18. The third-order valence-electron chi connectivity index (χ3n) is 5.41. The van der Waals surface area contributed by atoms with Gasteiger partial charge in [0.25, 0.3) is 0 Å². The molecule has 5 heteroatoms. The molecule has 132 valence electrons. The number of hydrogen-bond donors (Lipinski definition) is 0. The topological polar surface area (TPSA) is 40.6 Å². The number of piperidine rings is 1. The van der Waals surface area contributed by atoms with Gasteiger partial charge in [-0.05, 0) is 42.7 Å². The summed E-state index contributed by atoms with van der Waals surface area (Å²) >= 11 is 1.82. The van der Waals surface area contributed by atoms with E-state index in [1.807, 2.05) is 30.1 Å². The Morgan fingerprint density at radius 2 is 1.96 bits per heavy atom. The second-order valence-electron chi connectivity index (χ2n) is 7.26. The molecule has 24 heavy (non-hydrogen) atoms. The Bertz CT molecular complexity index is 602. The predicted molar refractivity (Wildman–Crippen MR) is 96.9 cm³/mol. The number of fused-ring (bicyclic) bond motifs is 1. The molecule has 3 rings (SSSR count). The largest absolute Gasteiger partial charge is 0.342 e. The Hall–Kier alpha value is -1.36. The van der Waals surface area contributed by atoms with Gasteiger partial charge < -0.3 is 9.80 Å². The van der Waals surface area contributed by atoms with Gasteiger partial charge in [0.15, 0.2) is 0 Å². The minimum Gasteiger partial charge on any atom is -0.342 e. The number of thiophene rings is 1. The maximum atomic E-state index is 13.1. The predicted octanol–water partition coefficient (Wildman–Crippen LogP) is 3.48. The third kappa shape index (κ3) is 3.23. The number of amides is 2. The van der Waals surface area contributed by atoms with E-state index in [-0.39, 0.29) is 23.8 Å². The quantitative estimate of drug-likeness (QED) is 0.839. The van der Waals surface area contributed by atoms with Crippen molar-refractivity contribution in [2.45, 2.75) is 52.5 Å². The van der Waals surface area contributed by atoms with Crippen LogP contribution >= 0.6 is 11.3 Å². The van der Waals surface area contributed by atoms with Gasteiger partial charge in [0.1, 0.15) is 0 Å². The lowest BCUT2D eigenvalue weighted by atomic mass is 9.91. The molecule has 1 unspecified atom stereocenters. The lowest BCUT2D eigenvalue weighted by Crippen LogP contribution is -2.47. The molecule has 0 N–H and O–H groups in total. The van der Waals surface area contributed by atoms with Crippen LogP contribution in [0.2, 0.25) is 0 Å². The summed E-state index contributed by atoms with van der Waals surface area (Å²) < 4.78 is 0. The molecule has 0 spiro atoms. The van der Waals surface area contributed by atoms with E-state index in [1.165, 1.54) is 10.4 Å². The minimum atomic E-state index is 0.0424. The van der Waals surface area contributed by atoms with E-state index in [1.54, 1.807) is 0 Å². The van der Waals surface area contributed by atoms with E-state index < -0.39 is 0 Å².